The average molecular weight is 233 g/mol. The Hall–Kier alpha value is -1.99. The first kappa shape index (κ1) is 13.1. The Balaban J connectivity index is 2.78. The quantitative estimate of drug-likeness (QED) is 0.785. The SMILES string of the molecule is CCOC(=O)Nc1ccccc1C#CCCO. The fourth-order valence-corrected chi connectivity index (χ4v) is 1.19. The summed E-state index contributed by atoms with van der Waals surface area (Å²) in [5, 5.41) is 11.2. The minimum absolute atomic E-state index is 0.0282. The van der Waals surface area contributed by atoms with Gasteiger partial charge in [-0.15, -0.1) is 0 Å². The van der Waals surface area contributed by atoms with Crippen molar-refractivity contribution < 1.29 is 14.6 Å². The van der Waals surface area contributed by atoms with Crippen LogP contribution in [-0.4, -0.2) is 24.4 Å². The van der Waals surface area contributed by atoms with Gasteiger partial charge >= 0.3 is 6.09 Å². The summed E-state index contributed by atoms with van der Waals surface area (Å²) in [6.45, 7) is 2.09. The summed E-state index contributed by atoms with van der Waals surface area (Å²) in [5.41, 5.74) is 1.31. The summed E-state index contributed by atoms with van der Waals surface area (Å²) in [7, 11) is 0. The topological polar surface area (TPSA) is 58.6 Å². The lowest BCUT2D eigenvalue weighted by Gasteiger charge is -2.06. The number of carbonyl (C=O) groups excluding carboxylic acids is 1. The predicted molar refractivity (Wildman–Crippen MR) is 65.7 cm³/mol. The third-order valence-electron chi connectivity index (χ3n) is 1.90. The van der Waals surface area contributed by atoms with Crippen LogP contribution in [0.15, 0.2) is 24.3 Å². The van der Waals surface area contributed by atoms with E-state index in [1.54, 1.807) is 25.1 Å². The minimum atomic E-state index is -0.496. The zero-order chi connectivity index (χ0) is 12.5. The standard InChI is InChI=1S/C13H15NO3/c1-2-17-13(16)14-12-9-4-3-7-11(12)8-5-6-10-15/h3-4,7,9,15H,2,6,10H2,1H3,(H,14,16). The molecule has 90 valence electrons. The highest BCUT2D eigenvalue weighted by molar-refractivity contribution is 5.86. The van der Waals surface area contributed by atoms with Gasteiger partial charge in [0, 0.05) is 12.0 Å². The van der Waals surface area contributed by atoms with E-state index in [1.807, 2.05) is 6.07 Å². The number of rotatable bonds is 3. The maximum absolute atomic E-state index is 11.3. The van der Waals surface area contributed by atoms with Crippen LogP contribution in [0.25, 0.3) is 0 Å². The Labute approximate surface area is 101 Å². The molecule has 0 unspecified atom stereocenters. The number of aliphatic hydroxyl groups excluding tert-OH is 1. The largest absolute Gasteiger partial charge is 0.450 e. The molecule has 0 fully saturated rings. The van der Waals surface area contributed by atoms with E-state index in [-0.39, 0.29) is 6.61 Å². The summed E-state index contributed by atoms with van der Waals surface area (Å²) in [6.07, 6.45) is -0.0859. The molecule has 1 aromatic rings. The van der Waals surface area contributed by atoms with Crippen molar-refractivity contribution in [3.05, 3.63) is 29.8 Å². The smallest absolute Gasteiger partial charge is 0.411 e. The van der Waals surface area contributed by atoms with Gasteiger partial charge in [0.15, 0.2) is 0 Å². The van der Waals surface area contributed by atoms with Crippen LogP contribution in [-0.2, 0) is 4.74 Å². The normalized spacial score (nSPS) is 9.06. The predicted octanol–water partition coefficient (Wildman–Crippen LogP) is 1.99. The van der Waals surface area contributed by atoms with E-state index in [2.05, 4.69) is 17.2 Å². The number of anilines is 1. The van der Waals surface area contributed by atoms with Gasteiger partial charge in [-0.1, -0.05) is 24.0 Å². The van der Waals surface area contributed by atoms with Crippen molar-refractivity contribution in [2.45, 2.75) is 13.3 Å². The van der Waals surface area contributed by atoms with E-state index >= 15 is 0 Å². The second-order valence-corrected chi connectivity index (χ2v) is 3.17. The van der Waals surface area contributed by atoms with E-state index in [0.29, 0.717) is 24.3 Å². The summed E-state index contributed by atoms with van der Waals surface area (Å²) >= 11 is 0. The molecule has 1 aromatic carbocycles. The molecule has 0 saturated carbocycles. The van der Waals surface area contributed by atoms with Crippen LogP contribution in [0.1, 0.15) is 18.9 Å². The van der Waals surface area contributed by atoms with Crippen LogP contribution >= 0.6 is 0 Å². The molecule has 0 bridgehead atoms. The van der Waals surface area contributed by atoms with Crippen molar-refractivity contribution in [1.82, 2.24) is 0 Å². The molecular formula is C13H15NO3. The highest BCUT2D eigenvalue weighted by Gasteiger charge is 2.04. The van der Waals surface area contributed by atoms with Gasteiger partial charge in [0.1, 0.15) is 0 Å². The third kappa shape index (κ3) is 4.58. The number of hydrogen-bond acceptors (Lipinski definition) is 3. The molecule has 0 atom stereocenters. The molecule has 4 heteroatoms. The van der Waals surface area contributed by atoms with Crippen LogP contribution in [0, 0.1) is 11.8 Å². The third-order valence-corrected chi connectivity index (χ3v) is 1.90. The first-order chi connectivity index (χ1) is 8.27. The zero-order valence-electron chi connectivity index (χ0n) is 9.69. The van der Waals surface area contributed by atoms with Crippen molar-refractivity contribution in [3.63, 3.8) is 0 Å². The van der Waals surface area contributed by atoms with Gasteiger partial charge in [-0.3, -0.25) is 5.32 Å². The van der Waals surface area contributed by atoms with Gasteiger partial charge < -0.3 is 9.84 Å². The van der Waals surface area contributed by atoms with Crippen molar-refractivity contribution in [3.8, 4) is 11.8 Å². The van der Waals surface area contributed by atoms with Crippen LogP contribution in [0.3, 0.4) is 0 Å². The van der Waals surface area contributed by atoms with Crippen molar-refractivity contribution in [1.29, 1.82) is 0 Å². The highest BCUT2D eigenvalue weighted by atomic mass is 16.5. The number of para-hydroxylation sites is 1. The molecule has 0 aliphatic rings. The number of carbonyl (C=O) groups is 1. The monoisotopic (exact) mass is 233 g/mol. The summed E-state index contributed by atoms with van der Waals surface area (Å²) in [5.74, 6) is 5.69. The van der Waals surface area contributed by atoms with Crippen molar-refractivity contribution in [2.24, 2.45) is 0 Å². The Morgan fingerprint density at radius 2 is 2.24 bits per heavy atom. The lowest BCUT2D eigenvalue weighted by molar-refractivity contribution is 0.168. The lowest BCUT2D eigenvalue weighted by atomic mass is 10.2. The Morgan fingerprint density at radius 1 is 1.47 bits per heavy atom. The first-order valence-corrected chi connectivity index (χ1v) is 5.40. The molecule has 0 aliphatic carbocycles. The average Bonchev–Trinajstić information content (AvgIpc) is 2.32. The highest BCUT2D eigenvalue weighted by Crippen LogP contribution is 2.13. The van der Waals surface area contributed by atoms with Gasteiger partial charge in [-0.05, 0) is 19.1 Å². The number of ether oxygens (including phenoxy) is 1. The molecule has 1 amide bonds. The van der Waals surface area contributed by atoms with E-state index < -0.39 is 6.09 Å². The molecule has 17 heavy (non-hydrogen) atoms. The van der Waals surface area contributed by atoms with Gasteiger partial charge in [0.2, 0.25) is 0 Å². The van der Waals surface area contributed by atoms with Crippen LogP contribution in [0.5, 0.6) is 0 Å². The molecule has 0 radical (unpaired) electrons. The summed E-state index contributed by atoms with van der Waals surface area (Å²) in [6, 6.07) is 7.18. The van der Waals surface area contributed by atoms with Gasteiger partial charge in [0.25, 0.3) is 0 Å². The van der Waals surface area contributed by atoms with Crippen LogP contribution in [0.2, 0.25) is 0 Å². The maximum Gasteiger partial charge on any atom is 0.411 e. The molecule has 0 aromatic heterocycles. The lowest BCUT2D eigenvalue weighted by Crippen LogP contribution is -2.14. The minimum Gasteiger partial charge on any atom is -0.450 e. The molecule has 0 heterocycles. The Kier molecular flexibility index (Phi) is 5.62. The van der Waals surface area contributed by atoms with Gasteiger partial charge in [0.05, 0.1) is 18.9 Å². The number of hydrogen-bond donors (Lipinski definition) is 2. The maximum atomic E-state index is 11.3. The van der Waals surface area contributed by atoms with Gasteiger partial charge in [-0.2, -0.15) is 0 Å². The van der Waals surface area contributed by atoms with Gasteiger partial charge in [-0.25, -0.2) is 4.79 Å². The fourth-order valence-electron chi connectivity index (χ4n) is 1.19. The zero-order valence-corrected chi connectivity index (χ0v) is 9.69. The Bertz CT molecular complexity index is 432. The van der Waals surface area contributed by atoms with Crippen molar-refractivity contribution in [2.75, 3.05) is 18.5 Å². The van der Waals surface area contributed by atoms with E-state index in [9.17, 15) is 4.79 Å². The second-order valence-electron chi connectivity index (χ2n) is 3.17. The Morgan fingerprint density at radius 3 is 2.94 bits per heavy atom. The molecule has 2 N–H and O–H groups in total. The molecule has 0 saturated heterocycles. The van der Waals surface area contributed by atoms with Crippen LogP contribution in [0.4, 0.5) is 10.5 Å². The number of benzene rings is 1. The number of amides is 1. The second kappa shape index (κ2) is 7.31. The van der Waals surface area contributed by atoms with E-state index in [0.717, 1.165) is 0 Å². The van der Waals surface area contributed by atoms with E-state index in [4.69, 9.17) is 9.84 Å². The molecule has 4 nitrogen and oxygen atoms in total. The summed E-state index contributed by atoms with van der Waals surface area (Å²) in [4.78, 5) is 11.3. The molecule has 0 spiro atoms. The fraction of sp³-hybridized carbons (Fsp3) is 0.308. The van der Waals surface area contributed by atoms with E-state index in [1.165, 1.54) is 0 Å². The van der Waals surface area contributed by atoms with Crippen molar-refractivity contribution >= 4 is 11.8 Å². The van der Waals surface area contributed by atoms with Crippen LogP contribution < -0.4 is 5.32 Å². The molecule has 0 aliphatic heterocycles. The summed E-state index contributed by atoms with van der Waals surface area (Å²) < 4.78 is 4.79. The molecular weight excluding hydrogens is 218 g/mol. The molecule has 1 rings (SSSR count). The number of aliphatic hydroxyl groups is 1. The first-order valence-electron chi connectivity index (χ1n) is 5.40. The number of nitrogens with one attached hydrogen (secondary N) is 1.